The number of thioether (sulfide) groups is 1. The Labute approximate surface area is 90.4 Å². The van der Waals surface area contributed by atoms with E-state index >= 15 is 0 Å². The first-order chi connectivity index (χ1) is 6.86. The Kier molecular flexibility index (Phi) is 4.14. The Balaban J connectivity index is 1.76. The van der Waals surface area contributed by atoms with Crippen molar-refractivity contribution < 1.29 is 9.84 Å². The van der Waals surface area contributed by atoms with Crippen molar-refractivity contribution >= 4 is 11.8 Å². The van der Waals surface area contributed by atoms with Crippen LogP contribution in [-0.2, 0) is 4.74 Å². The Bertz CT molecular complexity index is 169. The summed E-state index contributed by atoms with van der Waals surface area (Å²) >= 11 is 2.02. The molecule has 2 fully saturated rings. The minimum absolute atomic E-state index is 0.0448. The van der Waals surface area contributed by atoms with Crippen LogP contribution >= 0.6 is 11.8 Å². The van der Waals surface area contributed by atoms with Gasteiger partial charge in [0.15, 0.2) is 0 Å². The van der Waals surface area contributed by atoms with Gasteiger partial charge in [0, 0.05) is 23.7 Å². The van der Waals surface area contributed by atoms with Crippen molar-refractivity contribution in [2.45, 2.75) is 55.1 Å². The highest BCUT2D eigenvalue weighted by atomic mass is 32.2. The van der Waals surface area contributed by atoms with Crippen LogP contribution in [-0.4, -0.2) is 34.9 Å². The van der Waals surface area contributed by atoms with Crippen molar-refractivity contribution in [3.63, 3.8) is 0 Å². The van der Waals surface area contributed by atoms with E-state index in [4.69, 9.17) is 4.74 Å². The van der Waals surface area contributed by atoms with Crippen LogP contribution in [0.15, 0.2) is 0 Å². The first-order valence-corrected chi connectivity index (χ1v) is 6.72. The van der Waals surface area contributed by atoms with Gasteiger partial charge in [-0.2, -0.15) is 11.8 Å². The Morgan fingerprint density at radius 3 is 2.43 bits per heavy atom. The molecule has 1 aliphatic carbocycles. The zero-order valence-corrected chi connectivity index (χ0v) is 9.47. The number of hydrogen-bond acceptors (Lipinski definition) is 3. The predicted molar refractivity (Wildman–Crippen MR) is 59.7 cm³/mol. The van der Waals surface area contributed by atoms with Gasteiger partial charge in [-0.25, -0.2) is 0 Å². The molecule has 82 valence electrons. The van der Waals surface area contributed by atoms with E-state index in [-0.39, 0.29) is 6.10 Å². The molecule has 1 heterocycles. The van der Waals surface area contributed by atoms with Gasteiger partial charge in [0.25, 0.3) is 0 Å². The van der Waals surface area contributed by atoms with Crippen molar-refractivity contribution in [1.82, 2.24) is 0 Å². The van der Waals surface area contributed by atoms with Gasteiger partial charge >= 0.3 is 0 Å². The fourth-order valence-corrected chi connectivity index (χ4v) is 3.87. The summed E-state index contributed by atoms with van der Waals surface area (Å²) in [6.45, 7) is 1.83. The molecule has 1 saturated carbocycles. The Morgan fingerprint density at radius 2 is 1.71 bits per heavy atom. The van der Waals surface area contributed by atoms with Crippen LogP contribution in [0.5, 0.6) is 0 Å². The Hall–Kier alpha value is 0.270. The fourth-order valence-electron chi connectivity index (χ4n) is 2.30. The molecule has 2 rings (SSSR count). The van der Waals surface area contributed by atoms with Gasteiger partial charge in [0.1, 0.15) is 0 Å². The van der Waals surface area contributed by atoms with Gasteiger partial charge in [-0.1, -0.05) is 12.8 Å². The molecule has 0 amide bonds. The van der Waals surface area contributed by atoms with Crippen LogP contribution in [0.4, 0.5) is 0 Å². The molecule has 1 saturated heterocycles. The number of hydrogen-bond donors (Lipinski definition) is 1. The number of rotatable bonds is 2. The van der Waals surface area contributed by atoms with Crippen LogP contribution in [0.1, 0.15) is 38.5 Å². The quantitative estimate of drug-likeness (QED) is 0.767. The second-order valence-electron chi connectivity index (χ2n) is 4.34. The lowest BCUT2D eigenvalue weighted by atomic mass is 9.97. The standard InChI is InChI=1S/C11H20O2S/c12-10-3-1-2-4-11(10)14-9-5-7-13-8-6-9/h9-12H,1-8H2. The van der Waals surface area contributed by atoms with Gasteiger partial charge < -0.3 is 9.84 Å². The molecule has 2 nitrogen and oxygen atoms in total. The van der Waals surface area contributed by atoms with E-state index in [0.717, 1.165) is 24.9 Å². The number of aliphatic hydroxyl groups excluding tert-OH is 1. The summed E-state index contributed by atoms with van der Waals surface area (Å²) in [4.78, 5) is 0. The third-order valence-corrected chi connectivity index (χ3v) is 4.96. The average Bonchev–Trinajstić information content (AvgIpc) is 2.23. The van der Waals surface area contributed by atoms with Gasteiger partial charge in [0.05, 0.1) is 6.10 Å². The average molecular weight is 216 g/mol. The van der Waals surface area contributed by atoms with Gasteiger partial charge in [-0.05, 0) is 25.7 Å². The third-order valence-electron chi connectivity index (χ3n) is 3.20. The lowest BCUT2D eigenvalue weighted by Gasteiger charge is -2.31. The number of aliphatic hydroxyl groups is 1. The van der Waals surface area contributed by atoms with Crippen LogP contribution in [0.3, 0.4) is 0 Å². The van der Waals surface area contributed by atoms with Crippen molar-refractivity contribution in [2.24, 2.45) is 0 Å². The molecule has 14 heavy (non-hydrogen) atoms. The first kappa shape index (κ1) is 10.8. The molecule has 3 heteroatoms. The van der Waals surface area contributed by atoms with Crippen LogP contribution in [0, 0.1) is 0 Å². The summed E-state index contributed by atoms with van der Waals surface area (Å²) in [6, 6.07) is 0. The van der Waals surface area contributed by atoms with Gasteiger partial charge in [-0.3, -0.25) is 0 Å². The molecule has 1 aliphatic heterocycles. The minimum Gasteiger partial charge on any atom is -0.392 e. The number of ether oxygens (including phenoxy) is 1. The van der Waals surface area contributed by atoms with E-state index in [1.807, 2.05) is 11.8 Å². The van der Waals surface area contributed by atoms with Crippen molar-refractivity contribution in [3.8, 4) is 0 Å². The highest BCUT2D eigenvalue weighted by molar-refractivity contribution is 8.00. The predicted octanol–water partition coefficient (Wildman–Crippen LogP) is 2.20. The topological polar surface area (TPSA) is 29.5 Å². The van der Waals surface area contributed by atoms with Crippen molar-refractivity contribution in [3.05, 3.63) is 0 Å². The SMILES string of the molecule is OC1CCCCC1SC1CCOCC1. The highest BCUT2D eigenvalue weighted by Crippen LogP contribution is 2.34. The molecular formula is C11H20O2S. The van der Waals surface area contributed by atoms with Crippen molar-refractivity contribution in [1.29, 1.82) is 0 Å². The van der Waals surface area contributed by atoms with E-state index in [1.54, 1.807) is 0 Å². The second-order valence-corrected chi connectivity index (χ2v) is 5.88. The molecule has 0 spiro atoms. The summed E-state index contributed by atoms with van der Waals surface area (Å²) in [5.41, 5.74) is 0. The first-order valence-electron chi connectivity index (χ1n) is 5.77. The summed E-state index contributed by atoms with van der Waals surface area (Å²) < 4.78 is 5.34. The molecule has 0 aromatic rings. The molecule has 0 aromatic heterocycles. The summed E-state index contributed by atoms with van der Waals surface area (Å²) in [5, 5.41) is 11.1. The zero-order chi connectivity index (χ0) is 9.80. The van der Waals surface area contributed by atoms with Crippen LogP contribution < -0.4 is 0 Å². The van der Waals surface area contributed by atoms with E-state index in [9.17, 15) is 5.11 Å². The second kappa shape index (κ2) is 5.38. The third kappa shape index (κ3) is 2.88. The van der Waals surface area contributed by atoms with E-state index in [0.29, 0.717) is 5.25 Å². The summed E-state index contributed by atoms with van der Waals surface area (Å²) in [6.07, 6.45) is 7.05. The molecule has 0 aromatic carbocycles. The molecule has 2 unspecified atom stereocenters. The minimum atomic E-state index is -0.0448. The normalized spacial score (nSPS) is 35.8. The molecule has 0 bridgehead atoms. The van der Waals surface area contributed by atoms with E-state index in [1.165, 1.54) is 32.1 Å². The lowest BCUT2D eigenvalue weighted by Crippen LogP contribution is -2.30. The summed E-state index contributed by atoms with van der Waals surface area (Å²) in [5.74, 6) is 0. The van der Waals surface area contributed by atoms with Gasteiger partial charge in [-0.15, -0.1) is 0 Å². The maximum absolute atomic E-state index is 9.85. The van der Waals surface area contributed by atoms with Crippen molar-refractivity contribution in [2.75, 3.05) is 13.2 Å². The lowest BCUT2D eigenvalue weighted by molar-refractivity contribution is 0.0988. The maximum atomic E-state index is 9.85. The molecule has 1 N–H and O–H groups in total. The molecule has 2 aliphatic rings. The van der Waals surface area contributed by atoms with Gasteiger partial charge in [0.2, 0.25) is 0 Å². The van der Waals surface area contributed by atoms with Crippen LogP contribution in [0.2, 0.25) is 0 Å². The molecular weight excluding hydrogens is 196 g/mol. The van der Waals surface area contributed by atoms with Crippen LogP contribution in [0.25, 0.3) is 0 Å². The molecule has 0 radical (unpaired) electrons. The largest absolute Gasteiger partial charge is 0.392 e. The van der Waals surface area contributed by atoms with E-state index in [2.05, 4.69) is 0 Å². The fraction of sp³-hybridized carbons (Fsp3) is 1.00. The summed E-state index contributed by atoms with van der Waals surface area (Å²) in [7, 11) is 0. The van der Waals surface area contributed by atoms with E-state index < -0.39 is 0 Å². The monoisotopic (exact) mass is 216 g/mol. The zero-order valence-electron chi connectivity index (χ0n) is 8.65. The highest BCUT2D eigenvalue weighted by Gasteiger charge is 2.27. The maximum Gasteiger partial charge on any atom is 0.0658 e. The molecule has 2 atom stereocenters. The Morgan fingerprint density at radius 1 is 1.00 bits per heavy atom. The smallest absolute Gasteiger partial charge is 0.0658 e.